The van der Waals surface area contributed by atoms with Crippen molar-refractivity contribution in [2.24, 2.45) is 5.84 Å². The van der Waals surface area contributed by atoms with E-state index in [9.17, 15) is 9.59 Å². The van der Waals surface area contributed by atoms with Crippen LogP contribution < -0.4 is 16.5 Å². The molecule has 1 aliphatic heterocycles. The lowest BCUT2D eigenvalue weighted by Gasteiger charge is -2.34. The lowest BCUT2D eigenvalue weighted by Crippen LogP contribution is -2.50. The molecule has 8 heteroatoms. The van der Waals surface area contributed by atoms with Crippen LogP contribution in [0.2, 0.25) is 0 Å². The van der Waals surface area contributed by atoms with Crippen molar-refractivity contribution in [3.63, 3.8) is 0 Å². The highest BCUT2D eigenvalue weighted by atomic mass is 16.2. The Balaban J connectivity index is 1.40. The number of amides is 2. The summed E-state index contributed by atoms with van der Waals surface area (Å²) in [5.41, 5.74) is 1.87. The number of likely N-dealkylation sites (tertiary alicyclic amines) is 1. The topological polar surface area (TPSA) is 104 Å². The molecule has 1 aliphatic rings. The third-order valence-corrected chi connectivity index (χ3v) is 5.33. The first kappa shape index (κ1) is 22.6. The third-order valence-electron chi connectivity index (χ3n) is 5.33. The van der Waals surface area contributed by atoms with Gasteiger partial charge in [-0.25, -0.2) is 9.80 Å². The summed E-state index contributed by atoms with van der Waals surface area (Å²) in [5.74, 6) is 6.01. The van der Waals surface area contributed by atoms with Crippen molar-refractivity contribution in [2.75, 3.05) is 38.5 Å². The number of hydrogen-bond donors (Lipinski definition) is 3. The first-order valence-electron chi connectivity index (χ1n) is 10.5. The molecule has 2 amide bonds. The zero-order valence-corrected chi connectivity index (χ0v) is 17.8. The van der Waals surface area contributed by atoms with Gasteiger partial charge < -0.3 is 15.5 Å². The van der Waals surface area contributed by atoms with Crippen molar-refractivity contribution in [3.8, 4) is 0 Å². The molecule has 1 aromatic heterocycles. The van der Waals surface area contributed by atoms with E-state index in [4.69, 9.17) is 5.84 Å². The minimum Gasteiger partial charge on any atom is -0.337 e. The maximum absolute atomic E-state index is 12.3. The van der Waals surface area contributed by atoms with Crippen LogP contribution in [0.3, 0.4) is 0 Å². The zero-order valence-electron chi connectivity index (χ0n) is 17.8. The number of nitrogens with two attached hydrogens (primary N) is 1. The van der Waals surface area contributed by atoms with Gasteiger partial charge in [0, 0.05) is 36.6 Å². The standard InChI is InChI=1S/C23H30N6O2/c1-28-15-11-21(12-16-28)29(24)17-14-26-23(31)27-20-7-5-18(6-8-20)22(30)10-9-19-4-2-3-13-25-19/h2-10,13,21H,11-12,14-17,24H2,1H3,(H2,26,27,31)/b10-9+. The summed E-state index contributed by atoms with van der Waals surface area (Å²) in [6.45, 7) is 3.15. The van der Waals surface area contributed by atoms with Gasteiger partial charge in [-0.2, -0.15) is 0 Å². The molecule has 8 nitrogen and oxygen atoms in total. The summed E-state index contributed by atoms with van der Waals surface area (Å²) in [5, 5.41) is 7.41. The molecular formula is C23H30N6O2. The number of hydrazine groups is 1. The molecule has 0 unspecified atom stereocenters. The monoisotopic (exact) mass is 422 g/mol. The number of rotatable bonds is 8. The van der Waals surface area contributed by atoms with Crippen LogP contribution in [-0.4, -0.2) is 66.0 Å². The number of hydrogen-bond acceptors (Lipinski definition) is 6. The van der Waals surface area contributed by atoms with E-state index in [0.717, 1.165) is 31.6 Å². The number of carbonyl (C=O) groups is 2. The first-order valence-corrected chi connectivity index (χ1v) is 10.5. The fourth-order valence-corrected chi connectivity index (χ4v) is 3.43. The second kappa shape index (κ2) is 11.4. The first-order chi connectivity index (χ1) is 15.0. The smallest absolute Gasteiger partial charge is 0.319 e. The average molecular weight is 423 g/mol. The molecule has 3 rings (SSSR count). The Labute approximate surface area is 183 Å². The summed E-state index contributed by atoms with van der Waals surface area (Å²) in [6.07, 6.45) is 6.92. The van der Waals surface area contributed by atoms with E-state index in [1.165, 1.54) is 6.08 Å². The van der Waals surface area contributed by atoms with E-state index in [0.29, 0.717) is 30.4 Å². The molecule has 0 saturated carbocycles. The van der Waals surface area contributed by atoms with Gasteiger partial charge in [0.25, 0.3) is 0 Å². The van der Waals surface area contributed by atoms with Crippen molar-refractivity contribution in [2.45, 2.75) is 18.9 Å². The van der Waals surface area contributed by atoms with Crippen LogP contribution in [0.1, 0.15) is 28.9 Å². The molecule has 0 bridgehead atoms. The number of benzene rings is 1. The minimum absolute atomic E-state index is 0.126. The van der Waals surface area contributed by atoms with Gasteiger partial charge in [0.15, 0.2) is 5.78 Å². The molecule has 31 heavy (non-hydrogen) atoms. The van der Waals surface area contributed by atoms with E-state index in [-0.39, 0.29) is 11.8 Å². The molecule has 0 spiro atoms. The Kier molecular flexibility index (Phi) is 8.28. The Morgan fingerprint density at radius 2 is 1.94 bits per heavy atom. The number of allylic oxidation sites excluding steroid dienone is 1. The molecule has 0 radical (unpaired) electrons. The summed E-state index contributed by atoms with van der Waals surface area (Å²) >= 11 is 0. The zero-order chi connectivity index (χ0) is 22.1. The van der Waals surface area contributed by atoms with Crippen molar-refractivity contribution in [1.29, 1.82) is 0 Å². The molecule has 0 atom stereocenters. The number of anilines is 1. The lowest BCUT2D eigenvalue weighted by atomic mass is 10.1. The molecular weight excluding hydrogens is 392 g/mol. The van der Waals surface area contributed by atoms with Crippen LogP contribution in [0.15, 0.2) is 54.7 Å². The van der Waals surface area contributed by atoms with Crippen LogP contribution in [0.25, 0.3) is 6.08 Å². The van der Waals surface area contributed by atoms with Gasteiger partial charge in [-0.3, -0.25) is 15.6 Å². The van der Waals surface area contributed by atoms with Gasteiger partial charge >= 0.3 is 6.03 Å². The fourth-order valence-electron chi connectivity index (χ4n) is 3.43. The molecule has 2 aromatic rings. The molecule has 164 valence electrons. The highest BCUT2D eigenvalue weighted by molar-refractivity contribution is 6.07. The van der Waals surface area contributed by atoms with Gasteiger partial charge in [-0.15, -0.1) is 0 Å². The normalized spacial score (nSPS) is 15.3. The average Bonchev–Trinajstić information content (AvgIpc) is 2.79. The Morgan fingerprint density at radius 3 is 2.61 bits per heavy atom. The molecule has 4 N–H and O–H groups in total. The quantitative estimate of drug-likeness (QED) is 0.261. The Bertz CT molecular complexity index is 877. The van der Waals surface area contributed by atoms with Crippen LogP contribution in [0.5, 0.6) is 0 Å². The predicted octanol–water partition coefficient (Wildman–Crippen LogP) is 2.37. The van der Waals surface area contributed by atoms with E-state index in [1.54, 1.807) is 36.5 Å². The van der Waals surface area contributed by atoms with Crippen molar-refractivity contribution in [3.05, 3.63) is 66.0 Å². The molecule has 1 saturated heterocycles. The number of nitrogens with one attached hydrogen (secondary N) is 2. The maximum atomic E-state index is 12.3. The highest BCUT2D eigenvalue weighted by Crippen LogP contribution is 2.13. The minimum atomic E-state index is -0.300. The Morgan fingerprint density at radius 1 is 1.19 bits per heavy atom. The van der Waals surface area contributed by atoms with Gasteiger partial charge in [0.1, 0.15) is 0 Å². The second-order valence-corrected chi connectivity index (χ2v) is 7.68. The number of nitrogens with zero attached hydrogens (tertiary/aromatic N) is 3. The van der Waals surface area contributed by atoms with Crippen molar-refractivity contribution >= 4 is 23.6 Å². The van der Waals surface area contributed by atoms with Gasteiger partial charge in [-0.05, 0) is 81.5 Å². The number of carbonyl (C=O) groups excluding carboxylic acids is 2. The third kappa shape index (κ3) is 7.29. The van der Waals surface area contributed by atoms with Crippen LogP contribution >= 0.6 is 0 Å². The fraction of sp³-hybridized carbons (Fsp3) is 0.348. The largest absolute Gasteiger partial charge is 0.337 e. The Hall–Kier alpha value is -3.07. The molecule has 2 heterocycles. The highest BCUT2D eigenvalue weighted by Gasteiger charge is 2.20. The molecule has 0 aliphatic carbocycles. The number of ketones is 1. The summed E-state index contributed by atoms with van der Waals surface area (Å²) in [7, 11) is 2.12. The predicted molar refractivity (Wildman–Crippen MR) is 122 cm³/mol. The molecule has 1 aromatic carbocycles. The van der Waals surface area contributed by atoms with E-state index < -0.39 is 0 Å². The van der Waals surface area contributed by atoms with Crippen LogP contribution in [-0.2, 0) is 0 Å². The number of aromatic nitrogens is 1. The van der Waals surface area contributed by atoms with E-state index in [2.05, 4.69) is 27.6 Å². The summed E-state index contributed by atoms with van der Waals surface area (Å²) < 4.78 is 0. The van der Waals surface area contributed by atoms with Gasteiger partial charge in [0.05, 0.1) is 5.69 Å². The van der Waals surface area contributed by atoms with Crippen molar-refractivity contribution < 1.29 is 9.59 Å². The van der Waals surface area contributed by atoms with Crippen LogP contribution in [0.4, 0.5) is 10.5 Å². The van der Waals surface area contributed by atoms with Crippen LogP contribution in [0, 0.1) is 0 Å². The SMILES string of the molecule is CN1CCC(N(N)CCNC(=O)Nc2ccc(C(=O)/C=C/c3ccccn3)cc2)CC1. The molecule has 1 fully saturated rings. The second-order valence-electron chi connectivity index (χ2n) is 7.68. The van der Waals surface area contributed by atoms with Gasteiger partial charge in [0.2, 0.25) is 0 Å². The summed E-state index contributed by atoms with van der Waals surface area (Å²) in [6, 6.07) is 12.3. The van der Waals surface area contributed by atoms with E-state index in [1.807, 2.05) is 23.2 Å². The number of urea groups is 1. The van der Waals surface area contributed by atoms with Crippen molar-refractivity contribution in [1.82, 2.24) is 20.2 Å². The number of pyridine rings is 1. The van der Waals surface area contributed by atoms with Gasteiger partial charge in [-0.1, -0.05) is 6.07 Å². The summed E-state index contributed by atoms with van der Waals surface area (Å²) in [4.78, 5) is 30.8. The number of piperidine rings is 1. The van der Waals surface area contributed by atoms with E-state index >= 15 is 0 Å². The lowest BCUT2D eigenvalue weighted by molar-refractivity contribution is 0.104. The maximum Gasteiger partial charge on any atom is 0.319 e.